The van der Waals surface area contributed by atoms with Crippen molar-refractivity contribution >= 4 is 12.2 Å². The van der Waals surface area contributed by atoms with Crippen LogP contribution >= 0.6 is 0 Å². The predicted octanol–water partition coefficient (Wildman–Crippen LogP) is 6.03. The van der Waals surface area contributed by atoms with Crippen molar-refractivity contribution in [1.29, 1.82) is 0 Å². The van der Waals surface area contributed by atoms with Gasteiger partial charge in [-0.1, -0.05) is 41.5 Å². The number of carbonyl (C=O) groups is 2. The highest BCUT2D eigenvalue weighted by molar-refractivity contribution is 5.68. The van der Waals surface area contributed by atoms with E-state index in [1.807, 2.05) is 6.92 Å². The monoisotopic (exact) mass is 645 g/mol. The smallest absolute Gasteiger partial charge is 0.407 e. The van der Waals surface area contributed by atoms with Crippen molar-refractivity contribution in [3.63, 3.8) is 0 Å². The molecule has 9 nitrogen and oxygen atoms in total. The van der Waals surface area contributed by atoms with Gasteiger partial charge in [0.1, 0.15) is 12.2 Å². The van der Waals surface area contributed by atoms with Crippen LogP contribution in [0.5, 0.6) is 0 Å². The summed E-state index contributed by atoms with van der Waals surface area (Å²) in [5.41, 5.74) is 1.36. The number of amides is 2. The summed E-state index contributed by atoms with van der Waals surface area (Å²) in [6.45, 7) is 18.5. The van der Waals surface area contributed by atoms with Gasteiger partial charge < -0.3 is 35.3 Å². The normalized spacial score (nSPS) is 45.5. The Balaban J connectivity index is 0.00000182. The van der Waals surface area contributed by atoms with Crippen LogP contribution in [0.4, 0.5) is 9.59 Å². The molecule has 2 amide bonds. The van der Waals surface area contributed by atoms with Gasteiger partial charge in [0.15, 0.2) is 0 Å². The number of aliphatic hydroxyl groups excluding tert-OH is 1. The van der Waals surface area contributed by atoms with Gasteiger partial charge >= 0.3 is 12.2 Å². The molecule has 262 valence electrons. The molecular weight excluding hydrogens is 582 g/mol. The maximum absolute atomic E-state index is 12.8. The van der Waals surface area contributed by atoms with E-state index < -0.39 is 0 Å². The van der Waals surface area contributed by atoms with Crippen molar-refractivity contribution in [3.8, 4) is 0 Å². The topological polar surface area (TPSA) is 118 Å². The van der Waals surface area contributed by atoms with E-state index in [9.17, 15) is 9.59 Å². The number of carbonyl (C=O) groups excluding carboxylic acids is 2. The first-order valence-electron chi connectivity index (χ1n) is 18.5. The first kappa shape index (κ1) is 34.3. The maximum atomic E-state index is 12.8. The van der Waals surface area contributed by atoms with Crippen LogP contribution in [-0.2, 0) is 14.2 Å². The SMILES string of the molecule is CCNC(=O)O[C@H](C(C)C)C1CC[C@H]2C(C[C@@]3(C)C4CC[C@H]5C(C)(C)[C@@H](OC(=O)NC6CNC6)CC[C@@]56C[C@@]46CCC23C)O1.CO. The lowest BCUT2D eigenvalue weighted by Gasteiger charge is -2.63. The summed E-state index contributed by atoms with van der Waals surface area (Å²) in [6.07, 6.45) is 11.4. The summed E-state index contributed by atoms with van der Waals surface area (Å²) in [4.78, 5) is 25.2. The van der Waals surface area contributed by atoms with Gasteiger partial charge in [0.05, 0.1) is 18.2 Å². The summed E-state index contributed by atoms with van der Waals surface area (Å²) in [7, 11) is 1.00. The Kier molecular flexibility index (Phi) is 9.01. The first-order valence-corrected chi connectivity index (χ1v) is 18.5. The van der Waals surface area contributed by atoms with Crippen LogP contribution in [0.15, 0.2) is 0 Å². The van der Waals surface area contributed by atoms with Crippen molar-refractivity contribution in [2.45, 2.75) is 143 Å². The zero-order chi connectivity index (χ0) is 33.3. The van der Waals surface area contributed by atoms with Crippen LogP contribution < -0.4 is 16.0 Å². The Bertz CT molecular complexity index is 1160. The lowest BCUT2D eigenvalue weighted by Crippen LogP contribution is -2.59. The number of ether oxygens (including phenoxy) is 3. The Hall–Kier alpha value is -1.58. The van der Waals surface area contributed by atoms with Crippen LogP contribution in [-0.4, -0.2) is 74.5 Å². The molecule has 0 bridgehead atoms. The number of rotatable bonds is 6. The van der Waals surface area contributed by atoms with Gasteiger partial charge in [-0.15, -0.1) is 0 Å². The molecule has 0 aromatic heterocycles. The molecule has 2 heterocycles. The van der Waals surface area contributed by atoms with Crippen LogP contribution in [0.3, 0.4) is 0 Å². The molecule has 2 spiro atoms. The largest absolute Gasteiger partial charge is 0.446 e. The molecule has 11 atom stereocenters. The standard InChI is InChI=1S/C36H59N3O5.CH4O/c1-8-38-30(40)44-29(21(2)3)24-10-9-23-25(42-24)17-34(7)27-12-11-26-32(4,5)28(43-31(41)39-22-18-37-19-22)13-14-35(26)20-36(27,35)16-15-33(23,34)6;1-2/h21-29,37H,8-20H2,1-7H3,(H,38,40)(H,39,41);2H,1H3/t23-,24?,25?,26-,27?,28-,29+,33?,34-,35+,36-;/m0./s1. The Morgan fingerprint density at radius 2 is 1.61 bits per heavy atom. The number of aliphatic hydroxyl groups is 1. The molecule has 2 saturated heterocycles. The van der Waals surface area contributed by atoms with Crippen molar-refractivity contribution in [2.75, 3.05) is 26.7 Å². The highest BCUT2D eigenvalue weighted by Gasteiger charge is 2.83. The third-order valence-electron chi connectivity index (χ3n) is 15.3. The van der Waals surface area contributed by atoms with Gasteiger partial charge in [0, 0.05) is 32.2 Å². The maximum Gasteiger partial charge on any atom is 0.407 e. The summed E-state index contributed by atoms with van der Waals surface area (Å²) in [5, 5.41) is 16.1. The Labute approximate surface area is 277 Å². The summed E-state index contributed by atoms with van der Waals surface area (Å²) >= 11 is 0. The second-order valence-electron chi connectivity index (χ2n) is 17.5. The third kappa shape index (κ3) is 4.94. The van der Waals surface area contributed by atoms with Gasteiger partial charge in [-0.3, -0.25) is 0 Å². The van der Waals surface area contributed by atoms with Gasteiger partial charge in [-0.2, -0.15) is 0 Å². The third-order valence-corrected chi connectivity index (χ3v) is 15.3. The molecule has 2 aliphatic heterocycles. The van der Waals surface area contributed by atoms with Crippen molar-refractivity contribution < 1.29 is 28.9 Å². The Morgan fingerprint density at radius 1 is 0.913 bits per heavy atom. The fourth-order valence-corrected chi connectivity index (χ4v) is 12.9. The minimum absolute atomic E-state index is 0.0139. The number of hydrogen-bond donors (Lipinski definition) is 4. The molecule has 9 heteroatoms. The summed E-state index contributed by atoms with van der Waals surface area (Å²) in [5.74, 6) is 2.13. The van der Waals surface area contributed by atoms with Crippen molar-refractivity contribution in [2.24, 2.45) is 50.7 Å². The molecule has 4 N–H and O–H groups in total. The first-order chi connectivity index (χ1) is 21.8. The fourth-order valence-electron chi connectivity index (χ4n) is 12.9. The number of nitrogens with one attached hydrogen (secondary N) is 3. The van der Waals surface area contributed by atoms with E-state index in [0.29, 0.717) is 29.2 Å². The van der Waals surface area contributed by atoms with E-state index in [0.717, 1.165) is 45.4 Å². The molecule has 0 aromatic rings. The van der Waals surface area contributed by atoms with Crippen LogP contribution in [0.25, 0.3) is 0 Å². The second-order valence-corrected chi connectivity index (χ2v) is 17.5. The van der Waals surface area contributed by atoms with E-state index >= 15 is 0 Å². The van der Waals surface area contributed by atoms with E-state index in [4.69, 9.17) is 19.3 Å². The average Bonchev–Trinajstić information content (AvgIpc) is 3.60. The number of alkyl carbamates (subject to hydrolysis) is 2. The van der Waals surface area contributed by atoms with Crippen LogP contribution in [0.1, 0.15) is 113 Å². The molecule has 4 unspecified atom stereocenters. The minimum Gasteiger partial charge on any atom is -0.446 e. The van der Waals surface area contributed by atoms with Gasteiger partial charge in [0.2, 0.25) is 0 Å². The molecule has 5 aliphatic carbocycles. The van der Waals surface area contributed by atoms with Crippen LogP contribution in [0, 0.1) is 50.7 Å². The van der Waals surface area contributed by atoms with E-state index in [1.54, 1.807) is 0 Å². The second kappa shape index (κ2) is 12.1. The molecule has 7 rings (SSSR count). The molecule has 5 saturated carbocycles. The van der Waals surface area contributed by atoms with E-state index in [2.05, 4.69) is 57.5 Å². The quantitative estimate of drug-likeness (QED) is 0.279. The van der Waals surface area contributed by atoms with Gasteiger partial charge in [-0.05, 0) is 116 Å². The lowest BCUT2D eigenvalue weighted by atomic mass is 9.42. The van der Waals surface area contributed by atoms with Crippen molar-refractivity contribution in [1.82, 2.24) is 16.0 Å². The number of hydrogen-bond acceptors (Lipinski definition) is 7. The molecular formula is C37H63N3O6. The predicted molar refractivity (Wildman–Crippen MR) is 177 cm³/mol. The average molecular weight is 646 g/mol. The zero-order valence-corrected chi connectivity index (χ0v) is 29.9. The zero-order valence-electron chi connectivity index (χ0n) is 29.9. The fraction of sp³-hybridized carbons (Fsp3) is 0.946. The highest BCUT2D eigenvalue weighted by Crippen LogP contribution is 2.89. The summed E-state index contributed by atoms with van der Waals surface area (Å²) in [6, 6.07) is 0.207. The molecule has 7 aliphatic rings. The molecule has 7 fully saturated rings. The number of fused-ring (bicyclic) bond motifs is 4. The highest BCUT2D eigenvalue weighted by atomic mass is 16.6. The molecule has 46 heavy (non-hydrogen) atoms. The molecule has 0 aromatic carbocycles. The van der Waals surface area contributed by atoms with Crippen LogP contribution in [0.2, 0.25) is 0 Å². The van der Waals surface area contributed by atoms with E-state index in [1.165, 1.54) is 44.9 Å². The lowest BCUT2D eigenvalue weighted by molar-refractivity contribution is -0.164. The van der Waals surface area contributed by atoms with Crippen molar-refractivity contribution in [3.05, 3.63) is 0 Å². The summed E-state index contributed by atoms with van der Waals surface area (Å²) < 4.78 is 19.2. The minimum atomic E-state index is -0.326. The van der Waals surface area contributed by atoms with Gasteiger partial charge in [-0.25, -0.2) is 9.59 Å². The van der Waals surface area contributed by atoms with E-state index in [-0.39, 0.29) is 64.8 Å². The molecule has 0 radical (unpaired) electrons. The Morgan fingerprint density at radius 3 is 2.26 bits per heavy atom. The van der Waals surface area contributed by atoms with Gasteiger partial charge in [0.25, 0.3) is 0 Å².